The minimum atomic E-state index is -0.145. The molecule has 4 heterocycles. The summed E-state index contributed by atoms with van der Waals surface area (Å²) in [6.45, 7) is 5.75. The summed E-state index contributed by atoms with van der Waals surface area (Å²) in [5.74, 6) is 1.93. The standard InChI is InChI=1S/C25H23FN6O/c1-17-8-9-20(26)18(15-17)16-30-10-12-31(13-11-30)25-27-21-6-3-2-5-19(21)23-28-29-24(32(23)25)22-7-4-14-33-22/h2-9,14-15H,10-13,16H2,1H3. The number of halogens is 1. The average Bonchev–Trinajstić information content (AvgIpc) is 3.52. The molecule has 1 fully saturated rings. The number of benzene rings is 2. The van der Waals surface area contributed by atoms with Gasteiger partial charge in [-0.25, -0.2) is 13.8 Å². The second-order valence-corrected chi connectivity index (χ2v) is 8.45. The Morgan fingerprint density at radius 3 is 2.64 bits per heavy atom. The Bertz CT molecular complexity index is 1440. The Balaban J connectivity index is 1.34. The molecule has 8 heteroatoms. The van der Waals surface area contributed by atoms with E-state index in [0.717, 1.165) is 59.8 Å². The third-order valence-corrected chi connectivity index (χ3v) is 6.22. The van der Waals surface area contributed by atoms with Crippen LogP contribution in [0.2, 0.25) is 0 Å². The number of para-hydroxylation sites is 1. The van der Waals surface area contributed by atoms with Gasteiger partial charge in [0.25, 0.3) is 0 Å². The number of anilines is 1. The zero-order valence-corrected chi connectivity index (χ0v) is 18.3. The predicted octanol–water partition coefficient (Wildman–Crippen LogP) is 4.31. The van der Waals surface area contributed by atoms with Crippen LogP contribution in [0.5, 0.6) is 0 Å². The van der Waals surface area contributed by atoms with Crippen LogP contribution in [0.4, 0.5) is 10.3 Å². The lowest BCUT2D eigenvalue weighted by Gasteiger charge is -2.35. The molecule has 0 amide bonds. The molecule has 33 heavy (non-hydrogen) atoms. The van der Waals surface area contributed by atoms with E-state index in [-0.39, 0.29) is 5.82 Å². The first kappa shape index (κ1) is 19.9. The van der Waals surface area contributed by atoms with E-state index in [9.17, 15) is 4.39 Å². The van der Waals surface area contributed by atoms with Crippen LogP contribution in [0.25, 0.3) is 28.1 Å². The van der Waals surface area contributed by atoms with Crippen molar-refractivity contribution in [3.8, 4) is 11.6 Å². The Labute approximate surface area is 190 Å². The van der Waals surface area contributed by atoms with E-state index in [1.807, 2.05) is 59.9 Å². The van der Waals surface area contributed by atoms with Crippen molar-refractivity contribution in [3.05, 3.63) is 77.8 Å². The predicted molar refractivity (Wildman–Crippen MR) is 125 cm³/mol. The first-order valence-corrected chi connectivity index (χ1v) is 11.1. The van der Waals surface area contributed by atoms with Gasteiger partial charge in [-0.15, -0.1) is 10.2 Å². The monoisotopic (exact) mass is 442 g/mol. The summed E-state index contributed by atoms with van der Waals surface area (Å²) in [7, 11) is 0. The van der Waals surface area contributed by atoms with Crippen molar-refractivity contribution in [2.24, 2.45) is 0 Å². The van der Waals surface area contributed by atoms with Crippen LogP contribution >= 0.6 is 0 Å². The van der Waals surface area contributed by atoms with Crippen molar-refractivity contribution in [1.29, 1.82) is 0 Å². The highest BCUT2D eigenvalue weighted by atomic mass is 19.1. The molecule has 6 rings (SSSR count). The molecule has 7 nitrogen and oxygen atoms in total. The van der Waals surface area contributed by atoms with Crippen molar-refractivity contribution in [2.75, 3.05) is 31.1 Å². The van der Waals surface area contributed by atoms with Crippen molar-refractivity contribution in [1.82, 2.24) is 24.5 Å². The lowest BCUT2D eigenvalue weighted by molar-refractivity contribution is 0.245. The third kappa shape index (κ3) is 3.52. The highest BCUT2D eigenvalue weighted by Gasteiger charge is 2.25. The molecule has 0 aliphatic carbocycles. The molecular weight excluding hydrogens is 419 g/mol. The second kappa shape index (κ2) is 7.97. The summed E-state index contributed by atoms with van der Waals surface area (Å²) in [4.78, 5) is 9.53. The fourth-order valence-electron chi connectivity index (χ4n) is 4.52. The van der Waals surface area contributed by atoms with Gasteiger partial charge in [0, 0.05) is 43.7 Å². The molecule has 3 aromatic heterocycles. The van der Waals surface area contributed by atoms with E-state index in [0.29, 0.717) is 18.1 Å². The Morgan fingerprint density at radius 2 is 1.82 bits per heavy atom. The summed E-state index contributed by atoms with van der Waals surface area (Å²) < 4.78 is 21.9. The quantitative estimate of drug-likeness (QED) is 0.413. The molecule has 0 unspecified atom stereocenters. The first-order valence-electron chi connectivity index (χ1n) is 11.1. The Kier molecular flexibility index (Phi) is 4.80. The molecule has 0 bridgehead atoms. The van der Waals surface area contributed by atoms with Crippen molar-refractivity contribution in [3.63, 3.8) is 0 Å². The van der Waals surface area contributed by atoms with Gasteiger partial charge >= 0.3 is 0 Å². The van der Waals surface area contributed by atoms with Crippen LogP contribution in [0, 0.1) is 12.7 Å². The number of piperazine rings is 1. The summed E-state index contributed by atoms with van der Waals surface area (Å²) in [6, 6.07) is 17.0. The number of rotatable bonds is 4. The smallest absolute Gasteiger partial charge is 0.213 e. The molecule has 1 aliphatic rings. The van der Waals surface area contributed by atoms with Gasteiger partial charge in [-0.05, 0) is 37.3 Å². The van der Waals surface area contributed by atoms with E-state index >= 15 is 0 Å². The molecule has 1 aliphatic heterocycles. The number of furan rings is 1. The minimum Gasteiger partial charge on any atom is -0.461 e. The maximum absolute atomic E-state index is 14.3. The van der Waals surface area contributed by atoms with Crippen molar-refractivity contribution >= 4 is 22.5 Å². The molecule has 0 saturated carbocycles. The van der Waals surface area contributed by atoms with E-state index in [2.05, 4.69) is 20.0 Å². The van der Waals surface area contributed by atoms with E-state index in [1.165, 1.54) is 0 Å². The molecular formula is C25H23FN6O. The van der Waals surface area contributed by atoms with Crippen LogP contribution in [-0.2, 0) is 6.54 Å². The molecule has 0 radical (unpaired) electrons. The van der Waals surface area contributed by atoms with Crippen LogP contribution in [0.1, 0.15) is 11.1 Å². The highest BCUT2D eigenvalue weighted by Crippen LogP contribution is 2.29. The van der Waals surface area contributed by atoms with Gasteiger partial charge in [0.15, 0.2) is 11.4 Å². The summed E-state index contributed by atoms with van der Waals surface area (Å²) in [6.07, 6.45) is 1.63. The molecule has 1 saturated heterocycles. The zero-order chi connectivity index (χ0) is 22.4. The van der Waals surface area contributed by atoms with Crippen molar-refractivity contribution in [2.45, 2.75) is 13.5 Å². The van der Waals surface area contributed by atoms with Gasteiger partial charge in [-0.2, -0.15) is 0 Å². The number of aromatic nitrogens is 4. The van der Waals surface area contributed by atoms with Gasteiger partial charge in [-0.3, -0.25) is 4.90 Å². The molecule has 0 atom stereocenters. The van der Waals surface area contributed by atoms with E-state index in [4.69, 9.17) is 9.40 Å². The van der Waals surface area contributed by atoms with Crippen LogP contribution in [0.15, 0.2) is 65.3 Å². The second-order valence-electron chi connectivity index (χ2n) is 8.45. The number of aryl methyl sites for hydroxylation is 1. The van der Waals surface area contributed by atoms with Gasteiger partial charge in [0.2, 0.25) is 11.8 Å². The zero-order valence-electron chi connectivity index (χ0n) is 18.3. The fraction of sp³-hybridized carbons (Fsp3) is 0.240. The van der Waals surface area contributed by atoms with Gasteiger partial charge in [-0.1, -0.05) is 29.8 Å². The summed E-state index contributed by atoms with van der Waals surface area (Å²) in [5, 5.41) is 9.86. The Morgan fingerprint density at radius 1 is 0.970 bits per heavy atom. The van der Waals surface area contributed by atoms with Gasteiger partial charge < -0.3 is 9.32 Å². The minimum absolute atomic E-state index is 0.145. The van der Waals surface area contributed by atoms with Crippen LogP contribution in [-0.4, -0.2) is 50.7 Å². The lowest BCUT2D eigenvalue weighted by Crippen LogP contribution is -2.47. The fourth-order valence-corrected chi connectivity index (χ4v) is 4.52. The lowest BCUT2D eigenvalue weighted by atomic mass is 10.1. The normalized spacial score (nSPS) is 15.0. The Hall–Kier alpha value is -3.78. The maximum atomic E-state index is 14.3. The molecule has 5 aromatic rings. The number of hydrogen-bond acceptors (Lipinski definition) is 6. The molecule has 0 spiro atoms. The van der Waals surface area contributed by atoms with Crippen LogP contribution < -0.4 is 4.90 Å². The topological polar surface area (TPSA) is 62.7 Å². The SMILES string of the molecule is Cc1ccc(F)c(CN2CCN(c3nc4ccccc4c4nnc(-c5ccco5)n34)CC2)c1. The average molecular weight is 442 g/mol. The number of nitrogens with zero attached hydrogens (tertiary/aromatic N) is 6. The third-order valence-electron chi connectivity index (χ3n) is 6.22. The number of fused-ring (bicyclic) bond motifs is 3. The molecule has 166 valence electrons. The van der Waals surface area contributed by atoms with E-state index < -0.39 is 0 Å². The maximum Gasteiger partial charge on any atom is 0.213 e. The van der Waals surface area contributed by atoms with Crippen molar-refractivity contribution < 1.29 is 8.81 Å². The van der Waals surface area contributed by atoms with Gasteiger partial charge in [0.1, 0.15) is 5.82 Å². The largest absolute Gasteiger partial charge is 0.461 e. The van der Waals surface area contributed by atoms with E-state index in [1.54, 1.807) is 12.3 Å². The molecule has 0 N–H and O–H groups in total. The summed E-state index contributed by atoms with van der Waals surface area (Å²) in [5.41, 5.74) is 3.45. The van der Waals surface area contributed by atoms with Gasteiger partial charge in [0.05, 0.1) is 11.8 Å². The molecule has 2 aromatic carbocycles. The summed E-state index contributed by atoms with van der Waals surface area (Å²) >= 11 is 0. The van der Waals surface area contributed by atoms with Crippen LogP contribution in [0.3, 0.4) is 0 Å². The number of hydrogen-bond donors (Lipinski definition) is 0. The first-order chi connectivity index (χ1) is 16.2. The highest BCUT2D eigenvalue weighted by molar-refractivity contribution is 5.93.